The van der Waals surface area contributed by atoms with Crippen molar-refractivity contribution >= 4 is 23.4 Å². The lowest BCUT2D eigenvalue weighted by molar-refractivity contribution is -0.140. The number of carbonyl (C=O) groups excluding carboxylic acids is 1. The Morgan fingerprint density at radius 3 is 2.40 bits per heavy atom. The van der Waals surface area contributed by atoms with Crippen LogP contribution in [-0.4, -0.2) is 22.2 Å². The van der Waals surface area contributed by atoms with Crippen LogP contribution >= 0.6 is 11.6 Å². The van der Waals surface area contributed by atoms with Crippen LogP contribution in [0.5, 0.6) is 0 Å². The lowest BCUT2D eigenvalue weighted by Gasteiger charge is -2.00. The number of carbonyl (C=O) groups is 2. The standard InChI is InChI=1S/C6H9ClO3/c1-2-4(7)5(8)3-6(9)10/h4H,2-3H2,1H3,(H,9,10). The molecule has 3 nitrogen and oxygen atoms in total. The summed E-state index contributed by atoms with van der Waals surface area (Å²) in [6.07, 6.45) is 0.00960. The van der Waals surface area contributed by atoms with Crippen LogP contribution in [0.15, 0.2) is 0 Å². The minimum absolute atomic E-state index is 0.420. The average Bonchev–Trinajstić information content (AvgIpc) is 1.85. The SMILES string of the molecule is CCC(Cl)C(=O)CC(=O)O. The van der Waals surface area contributed by atoms with Crippen molar-refractivity contribution in [3.05, 3.63) is 0 Å². The van der Waals surface area contributed by atoms with Crippen molar-refractivity contribution in [2.24, 2.45) is 0 Å². The van der Waals surface area contributed by atoms with Gasteiger partial charge in [-0.1, -0.05) is 6.92 Å². The second kappa shape index (κ2) is 4.28. The van der Waals surface area contributed by atoms with Crippen molar-refractivity contribution in [2.75, 3.05) is 0 Å². The summed E-state index contributed by atoms with van der Waals surface area (Å²) in [5.41, 5.74) is 0. The van der Waals surface area contributed by atoms with E-state index in [1.54, 1.807) is 6.92 Å². The molecule has 0 saturated carbocycles. The molecule has 0 aliphatic rings. The second-order valence-electron chi connectivity index (χ2n) is 1.91. The molecule has 58 valence electrons. The van der Waals surface area contributed by atoms with E-state index in [2.05, 4.69) is 0 Å². The van der Waals surface area contributed by atoms with Crippen LogP contribution in [0.3, 0.4) is 0 Å². The molecule has 0 aromatic carbocycles. The highest BCUT2D eigenvalue weighted by molar-refractivity contribution is 6.32. The molecule has 0 radical (unpaired) electrons. The lowest BCUT2D eigenvalue weighted by atomic mass is 10.2. The first-order valence-corrected chi connectivity index (χ1v) is 3.40. The number of hydrogen-bond donors (Lipinski definition) is 1. The lowest BCUT2D eigenvalue weighted by Crippen LogP contribution is -2.16. The van der Waals surface area contributed by atoms with Gasteiger partial charge in [0.1, 0.15) is 6.42 Å². The minimum atomic E-state index is -1.12. The predicted molar refractivity (Wildman–Crippen MR) is 37.2 cm³/mol. The van der Waals surface area contributed by atoms with Gasteiger partial charge in [-0.15, -0.1) is 11.6 Å². The number of alkyl halides is 1. The Bertz CT molecular complexity index is 144. The summed E-state index contributed by atoms with van der Waals surface area (Å²) >= 11 is 5.45. The molecule has 0 spiro atoms. The number of rotatable bonds is 4. The number of Topliss-reactive ketones (excluding diaryl/α,β-unsaturated/α-hetero) is 1. The highest BCUT2D eigenvalue weighted by Crippen LogP contribution is 2.04. The average molecular weight is 165 g/mol. The molecular weight excluding hydrogens is 156 g/mol. The maximum atomic E-state index is 10.7. The molecule has 0 bridgehead atoms. The monoisotopic (exact) mass is 164 g/mol. The van der Waals surface area contributed by atoms with Gasteiger partial charge in [0.05, 0.1) is 5.38 Å². The van der Waals surface area contributed by atoms with Crippen LogP contribution < -0.4 is 0 Å². The van der Waals surface area contributed by atoms with Crippen LogP contribution in [0.2, 0.25) is 0 Å². The van der Waals surface area contributed by atoms with Crippen LogP contribution in [0, 0.1) is 0 Å². The number of aliphatic carboxylic acids is 1. The van der Waals surface area contributed by atoms with Gasteiger partial charge in [-0.2, -0.15) is 0 Å². The van der Waals surface area contributed by atoms with E-state index >= 15 is 0 Å². The quantitative estimate of drug-likeness (QED) is 0.499. The zero-order chi connectivity index (χ0) is 8.15. The van der Waals surface area contributed by atoms with Crippen molar-refractivity contribution in [1.82, 2.24) is 0 Å². The van der Waals surface area contributed by atoms with Gasteiger partial charge in [-0.25, -0.2) is 0 Å². The Morgan fingerprint density at radius 2 is 2.10 bits per heavy atom. The van der Waals surface area contributed by atoms with Crippen molar-refractivity contribution in [1.29, 1.82) is 0 Å². The van der Waals surface area contributed by atoms with E-state index in [9.17, 15) is 9.59 Å². The summed E-state index contributed by atoms with van der Waals surface area (Å²) in [6, 6.07) is 0. The van der Waals surface area contributed by atoms with Crippen LogP contribution in [-0.2, 0) is 9.59 Å². The Labute approximate surface area is 64.0 Å². The molecule has 0 aromatic heterocycles. The zero-order valence-corrected chi connectivity index (χ0v) is 6.39. The van der Waals surface area contributed by atoms with Gasteiger partial charge >= 0.3 is 5.97 Å². The molecule has 1 unspecified atom stereocenters. The molecule has 10 heavy (non-hydrogen) atoms. The first-order chi connectivity index (χ1) is 4.57. The van der Waals surface area contributed by atoms with Crippen LogP contribution in [0.4, 0.5) is 0 Å². The molecule has 0 rings (SSSR count). The van der Waals surface area contributed by atoms with Gasteiger partial charge in [0.15, 0.2) is 5.78 Å². The highest BCUT2D eigenvalue weighted by atomic mass is 35.5. The fraction of sp³-hybridized carbons (Fsp3) is 0.667. The van der Waals surface area contributed by atoms with Crippen LogP contribution in [0.25, 0.3) is 0 Å². The largest absolute Gasteiger partial charge is 0.481 e. The fourth-order valence-electron chi connectivity index (χ4n) is 0.487. The normalized spacial score (nSPS) is 12.6. The van der Waals surface area contributed by atoms with E-state index in [0.29, 0.717) is 6.42 Å². The van der Waals surface area contributed by atoms with Crippen molar-refractivity contribution in [3.8, 4) is 0 Å². The minimum Gasteiger partial charge on any atom is -0.481 e. The molecule has 0 saturated heterocycles. The molecule has 1 N–H and O–H groups in total. The molecule has 0 aliphatic carbocycles. The smallest absolute Gasteiger partial charge is 0.310 e. The number of hydrogen-bond acceptors (Lipinski definition) is 2. The third-order valence-corrected chi connectivity index (χ3v) is 1.59. The van der Waals surface area contributed by atoms with E-state index in [-0.39, 0.29) is 0 Å². The Kier molecular flexibility index (Phi) is 4.03. The third kappa shape index (κ3) is 3.45. The highest BCUT2D eigenvalue weighted by Gasteiger charge is 2.15. The van der Waals surface area contributed by atoms with E-state index in [0.717, 1.165) is 0 Å². The summed E-state index contributed by atoms with van der Waals surface area (Å²) in [7, 11) is 0. The topological polar surface area (TPSA) is 54.4 Å². The Hall–Kier alpha value is -0.570. The predicted octanol–water partition coefficient (Wildman–Crippen LogP) is 1.05. The molecular formula is C6H9ClO3. The third-order valence-electron chi connectivity index (χ3n) is 1.03. The van der Waals surface area contributed by atoms with Gasteiger partial charge < -0.3 is 5.11 Å². The molecule has 0 amide bonds. The van der Waals surface area contributed by atoms with Gasteiger partial charge in [0, 0.05) is 0 Å². The van der Waals surface area contributed by atoms with Crippen molar-refractivity contribution in [3.63, 3.8) is 0 Å². The molecule has 4 heteroatoms. The van der Waals surface area contributed by atoms with Crippen molar-refractivity contribution < 1.29 is 14.7 Å². The van der Waals surface area contributed by atoms with Gasteiger partial charge in [-0.05, 0) is 6.42 Å². The van der Waals surface area contributed by atoms with E-state index in [1.165, 1.54) is 0 Å². The molecule has 1 atom stereocenters. The van der Waals surface area contributed by atoms with E-state index in [1.807, 2.05) is 0 Å². The molecule has 0 aromatic rings. The summed E-state index contributed by atoms with van der Waals surface area (Å²) in [5, 5.41) is 7.51. The zero-order valence-electron chi connectivity index (χ0n) is 5.63. The Morgan fingerprint density at radius 1 is 1.60 bits per heavy atom. The number of ketones is 1. The number of halogens is 1. The van der Waals surface area contributed by atoms with Crippen LogP contribution in [0.1, 0.15) is 19.8 Å². The number of carboxylic acids is 1. The van der Waals surface area contributed by atoms with Crippen molar-refractivity contribution in [2.45, 2.75) is 25.1 Å². The van der Waals surface area contributed by atoms with Gasteiger partial charge in [0.25, 0.3) is 0 Å². The first-order valence-electron chi connectivity index (χ1n) is 2.96. The molecule has 0 heterocycles. The molecule has 0 fully saturated rings. The maximum absolute atomic E-state index is 10.7. The Balaban J connectivity index is 3.73. The second-order valence-corrected chi connectivity index (χ2v) is 2.44. The summed E-state index contributed by atoms with van der Waals surface area (Å²) in [6.45, 7) is 1.73. The maximum Gasteiger partial charge on any atom is 0.310 e. The summed E-state index contributed by atoms with van der Waals surface area (Å²) in [5.74, 6) is -1.54. The van der Waals surface area contributed by atoms with E-state index in [4.69, 9.17) is 16.7 Å². The molecule has 0 aliphatic heterocycles. The first kappa shape index (κ1) is 9.43. The summed E-state index contributed by atoms with van der Waals surface area (Å²) in [4.78, 5) is 20.6. The van der Waals surface area contributed by atoms with Gasteiger partial charge in [0.2, 0.25) is 0 Å². The van der Waals surface area contributed by atoms with Gasteiger partial charge in [-0.3, -0.25) is 9.59 Å². The fourth-order valence-corrected chi connectivity index (χ4v) is 0.565. The number of carboxylic acid groups (broad SMARTS) is 1. The summed E-state index contributed by atoms with van der Waals surface area (Å²) < 4.78 is 0. The van der Waals surface area contributed by atoms with E-state index < -0.39 is 23.6 Å².